The molecule has 0 aliphatic carbocycles. The number of thioether (sulfide) groups is 1. The Morgan fingerprint density at radius 2 is 1.73 bits per heavy atom. The SMILES string of the molecule is COC[C@H](CC(C)Oc1ccccc1)NCc1ccc(C(=O)NC(CCSC)C(=O)O)c(-c2ccccc2C)c1. The number of amides is 1. The van der Waals surface area contributed by atoms with Crippen LogP contribution in [-0.4, -0.2) is 60.9 Å². The van der Waals surface area contributed by atoms with E-state index in [0.29, 0.717) is 30.9 Å². The number of hydrogen-bond donors (Lipinski definition) is 3. The zero-order valence-corrected chi connectivity index (χ0v) is 24.5. The van der Waals surface area contributed by atoms with Crippen LogP contribution in [-0.2, 0) is 16.1 Å². The number of carboxylic acid groups (broad SMARTS) is 1. The molecule has 0 saturated heterocycles. The van der Waals surface area contributed by atoms with Crippen molar-refractivity contribution in [2.75, 3.05) is 25.7 Å². The molecule has 40 heavy (non-hydrogen) atoms. The number of carbonyl (C=O) groups is 2. The summed E-state index contributed by atoms with van der Waals surface area (Å²) in [6.07, 6.45) is 3.01. The highest BCUT2D eigenvalue weighted by molar-refractivity contribution is 7.98. The Morgan fingerprint density at radius 1 is 1.00 bits per heavy atom. The molecule has 0 radical (unpaired) electrons. The molecule has 8 heteroatoms. The minimum atomic E-state index is -1.03. The molecule has 3 aromatic carbocycles. The Balaban J connectivity index is 1.79. The van der Waals surface area contributed by atoms with Crippen LogP contribution >= 0.6 is 11.8 Å². The number of carboxylic acids is 1. The molecule has 0 spiro atoms. The molecule has 0 heterocycles. The average Bonchev–Trinajstić information content (AvgIpc) is 2.94. The fraction of sp³-hybridized carbons (Fsp3) is 0.375. The van der Waals surface area contributed by atoms with Crippen molar-refractivity contribution in [1.82, 2.24) is 10.6 Å². The lowest BCUT2D eigenvalue weighted by Gasteiger charge is -2.23. The lowest BCUT2D eigenvalue weighted by atomic mass is 9.93. The Kier molecular flexibility index (Phi) is 12.5. The van der Waals surface area contributed by atoms with E-state index >= 15 is 0 Å². The molecule has 2 unspecified atom stereocenters. The molecule has 0 aliphatic heterocycles. The highest BCUT2D eigenvalue weighted by Crippen LogP contribution is 2.28. The van der Waals surface area contributed by atoms with E-state index in [1.165, 1.54) is 0 Å². The highest BCUT2D eigenvalue weighted by Gasteiger charge is 2.23. The minimum Gasteiger partial charge on any atom is -0.491 e. The van der Waals surface area contributed by atoms with Gasteiger partial charge in [0.25, 0.3) is 5.91 Å². The maximum atomic E-state index is 13.3. The molecule has 214 valence electrons. The van der Waals surface area contributed by atoms with E-state index in [4.69, 9.17) is 9.47 Å². The van der Waals surface area contributed by atoms with Crippen LogP contribution in [0.25, 0.3) is 11.1 Å². The summed E-state index contributed by atoms with van der Waals surface area (Å²) in [6.45, 7) is 5.15. The van der Waals surface area contributed by atoms with Crippen molar-refractivity contribution in [1.29, 1.82) is 0 Å². The number of para-hydroxylation sites is 1. The van der Waals surface area contributed by atoms with Gasteiger partial charge in [-0.2, -0.15) is 11.8 Å². The van der Waals surface area contributed by atoms with Crippen LogP contribution < -0.4 is 15.4 Å². The molecular formula is C32H40N2O5S. The Labute approximate surface area is 241 Å². The second kappa shape index (κ2) is 16.1. The maximum Gasteiger partial charge on any atom is 0.326 e. The number of aliphatic carboxylic acids is 1. The lowest BCUT2D eigenvalue weighted by Crippen LogP contribution is -2.41. The van der Waals surface area contributed by atoms with E-state index in [2.05, 4.69) is 10.6 Å². The summed E-state index contributed by atoms with van der Waals surface area (Å²) < 4.78 is 11.5. The fourth-order valence-corrected chi connectivity index (χ4v) is 5.05. The van der Waals surface area contributed by atoms with E-state index in [1.807, 2.05) is 86.8 Å². The standard InChI is InChI=1S/C32H40N2O5S/c1-22-10-8-9-13-27(22)29-19-24(14-15-28(29)31(35)34-30(32(36)37)16-17-40-4)20-33-25(21-38-3)18-23(2)39-26-11-6-5-7-12-26/h5-15,19,23,25,30,33H,16-18,20-21H2,1-4H3,(H,34,35)(H,36,37)/t23?,25-,30?/m0/s1. The average molecular weight is 565 g/mol. The molecule has 0 bridgehead atoms. The molecule has 0 aromatic heterocycles. The molecular weight excluding hydrogens is 524 g/mol. The van der Waals surface area contributed by atoms with Gasteiger partial charge in [0.2, 0.25) is 0 Å². The number of rotatable bonds is 16. The molecule has 7 nitrogen and oxygen atoms in total. The van der Waals surface area contributed by atoms with E-state index < -0.39 is 17.9 Å². The molecule has 3 atom stereocenters. The number of ether oxygens (including phenoxy) is 2. The topological polar surface area (TPSA) is 96.9 Å². The van der Waals surface area contributed by atoms with Gasteiger partial charge in [0.15, 0.2) is 0 Å². The van der Waals surface area contributed by atoms with Crippen molar-refractivity contribution < 1.29 is 24.2 Å². The van der Waals surface area contributed by atoms with Crippen LogP contribution in [0.1, 0.15) is 41.3 Å². The first-order chi connectivity index (χ1) is 19.3. The smallest absolute Gasteiger partial charge is 0.326 e. The van der Waals surface area contributed by atoms with Gasteiger partial charge in [-0.05, 0) is 78.8 Å². The van der Waals surface area contributed by atoms with Gasteiger partial charge in [-0.3, -0.25) is 4.79 Å². The van der Waals surface area contributed by atoms with Gasteiger partial charge in [0.05, 0.1) is 12.7 Å². The van der Waals surface area contributed by atoms with Gasteiger partial charge < -0.3 is 25.2 Å². The molecule has 0 saturated carbocycles. The summed E-state index contributed by atoms with van der Waals surface area (Å²) in [5, 5.41) is 15.9. The van der Waals surface area contributed by atoms with E-state index in [9.17, 15) is 14.7 Å². The summed E-state index contributed by atoms with van der Waals surface area (Å²) in [6, 6.07) is 22.5. The third-order valence-corrected chi connectivity index (χ3v) is 7.28. The quantitative estimate of drug-likeness (QED) is 0.210. The van der Waals surface area contributed by atoms with Gasteiger partial charge in [0.1, 0.15) is 11.8 Å². The van der Waals surface area contributed by atoms with Crippen molar-refractivity contribution in [3.8, 4) is 16.9 Å². The molecule has 0 aliphatic rings. The maximum absolute atomic E-state index is 13.3. The van der Waals surface area contributed by atoms with Crippen LogP contribution in [0.15, 0.2) is 72.8 Å². The van der Waals surface area contributed by atoms with E-state index in [-0.39, 0.29) is 12.1 Å². The summed E-state index contributed by atoms with van der Waals surface area (Å²) in [5.74, 6) is 0.0525. The predicted octanol–water partition coefficient (Wildman–Crippen LogP) is 5.56. The van der Waals surface area contributed by atoms with Crippen LogP contribution in [0.4, 0.5) is 0 Å². The number of hydrogen-bond acceptors (Lipinski definition) is 6. The van der Waals surface area contributed by atoms with Crippen LogP contribution in [0.3, 0.4) is 0 Å². The second-order valence-corrected chi connectivity index (χ2v) is 10.8. The van der Waals surface area contributed by atoms with Crippen molar-refractivity contribution in [3.05, 3.63) is 89.5 Å². The van der Waals surface area contributed by atoms with Crippen LogP contribution in [0, 0.1) is 6.92 Å². The largest absolute Gasteiger partial charge is 0.491 e. The van der Waals surface area contributed by atoms with E-state index in [1.54, 1.807) is 24.9 Å². The van der Waals surface area contributed by atoms with Gasteiger partial charge in [-0.15, -0.1) is 0 Å². The number of methoxy groups -OCH3 is 1. The summed E-state index contributed by atoms with van der Waals surface area (Å²) in [7, 11) is 1.69. The Bertz CT molecular complexity index is 1240. The zero-order valence-electron chi connectivity index (χ0n) is 23.7. The molecule has 3 aromatic rings. The first kappa shape index (κ1) is 31.2. The Hall–Kier alpha value is -3.33. The molecule has 3 rings (SSSR count). The number of benzene rings is 3. The second-order valence-electron chi connectivity index (χ2n) is 9.85. The first-order valence-electron chi connectivity index (χ1n) is 13.5. The normalized spacial score (nSPS) is 13.3. The highest BCUT2D eigenvalue weighted by atomic mass is 32.2. The lowest BCUT2D eigenvalue weighted by molar-refractivity contribution is -0.139. The summed E-state index contributed by atoms with van der Waals surface area (Å²) in [5.41, 5.74) is 4.19. The zero-order chi connectivity index (χ0) is 28.9. The van der Waals surface area contributed by atoms with Crippen molar-refractivity contribution in [2.45, 2.75) is 51.4 Å². The summed E-state index contributed by atoms with van der Waals surface area (Å²) in [4.78, 5) is 25.1. The third kappa shape index (κ3) is 9.40. The number of carbonyl (C=O) groups excluding carboxylic acids is 1. The summed E-state index contributed by atoms with van der Waals surface area (Å²) >= 11 is 1.55. The van der Waals surface area contributed by atoms with Crippen LogP contribution in [0.2, 0.25) is 0 Å². The van der Waals surface area contributed by atoms with Gasteiger partial charge in [0, 0.05) is 31.7 Å². The Morgan fingerprint density at radius 3 is 2.40 bits per heavy atom. The monoisotopic (exact) mass is 564 g/mol. The van der Waals surface area contributed by atoms with Gasteiger partial charge in [-0.25, -0.2) is 4.79 Å². The molecule has 1 amide bonds. The first-order valence-corrected chi connectivity index (χ1v) is 14.9. The third-order valence-electron chi connectivity index (χ3n) is 6.64. The van der Waals surface area contributed by atoms with Crippen LogP contribution in [0.5, 0.6) is 5.75 Å². The minimum absolute atomic E-state index is 0.0167. The number of aryl methyl sites for hydroxylation is 1. The van der Waals surface area contributed by atoms with Crippen molar-refractivity contribution in [2.24, 2.45) is 0 Å². The fourth-order valence-electron chi connectivity index (χ4n) is 4.58. The predicted molar refractivity (Wildman–Crippen MR) is 162 cm³/mol. The van der Waals surface area contributed by atoms with E-state index in [0.717, 1.165) is 34.4 Å². The van der Waals surface area contributed by atoms with Gasteiger partial charge in [-0.1, -0.05) is 48.5 Å². The van der Waals surface area contributed by atoms with Crippen molar-refractivity contribution in [3.63, 3.8) is 0 Å². The number of nitrogens with one attached hydrogen (secondary N) is 2. The molecule has 0 fully saturated rings. The van der Waals surface area contributed by atoms with Gasteiger partial charge >= 0.3 is 5.97 Å². The van der Waals surface area contributed by atoms with Crippen molar-refractivity contribution >= 4 is 23.6 Å². The molecule has 3 N–H and O–H groups in total.